The highest BCUT2D eigenvalue weighted by atomic mass is 16.1. The molecule has 1 aromatic rings. The van der Waals surface area contributed by atoms with Gasteiger partial charge < -0.3 is 4.90 Å². The third-order valence-electron chi connectivity index (χ3n) is 3.25. The fourth-order valence-corrected chi connectivity index (χ4v) is 2.28. The van der Waals surface area contributed by atoms with Crippen molar-refractivity contribution in [2.75, 3.05) is 19.6 Å². The van der Waals surface area contributed by atoms with Gasteiger partial charge in [0.05, 0.1) is 0 Å². The van der Waals surface area contributed by atoms with Gasteiger partial charge in [-0.05, 0) is 50.9 Å². The third-order valence-corrected chi connectivity index (χ3v) is 3.25. The fourth-order valence-electron chi connectivity index (χ4n) is 2.28. The molecule has 16 heavy (non-hydrogen) atoms. The van der Waals surface area contributed by atoms with E-state index in [9.17, 15) is 4.79 Å². The second-order valence-corrected chi connectivity index (χ2v) is 4.51. The van der Waals surface area contributed by atoms with Crippen molar-refractivity contribution in [3.05, 3.63) is 35.4 Å². The van der Waals surface area contributed by atoms with Crippen LogP contribution >= 0.6 is 0 Å². The topological polar surface area (TPSA) is 20.3 Å². The summed E-state index contributed by atoms with van der Waals surface area (Å²) in [7, 11) is 0. The molecule has 0 unspecified atom stereocenters. The number of rotatable bonds is 5. The van der Waals surface area contributed by atoms with Gasteiger partial charge in [-0.2, -0.15) is 0 Å². The molecule has 2 heteroatoms. The number of carbonyl (C=O) groups excluding carboxylic acids is 1. The smallest absolute Gasteiger partial charge is 0.150 e. The molecule has 0 N–H and O–H groups in total. The number of benzene rings is 1. The van der Waals surface area contributed by atoms with E-state index in [0.717, 1.165) is 18.3 Å². The van der Waals surface area contributed by atoms with E-state index >= 15 is 0 Å². The van der Waals surface area contributed by atoms with Crippen LogP contribution in [0.1, 0.15) is 35.2 Å². The van der Waals surface area contributed by atoms with Gasteiger partial charge in [0.25, 0.3) is 0 Å². The van der Waals surface area contributed by atoms with E-state index in [0.29, 0.717) is 0 Å². The molecule has 86 valence electrons. The summed E-state index contributed by atoms with van der Waals surface area (Å²) in [6.45, 7) is 3.78. The highest BCUT2D eigenvalue weighted by Crippen LogP contribution is 2.10. The standard InChI is InChI=1S/C14H19NO/c16-12-14-7-5-13(6-8-14)4-3-11-15-9-1-2-10-15/h5-8,12H,1-4,9-11H2. The number of carbonyl (C=O) groups is 1. The van der Waals surface area contributed by atoms with Gasteiger partial charge in [0.15, 0.2) is 0 Å². The lowest BCUT2D eigenvalue weighted by Gasteiger charge is -2.13. The Balaban J connectivity index is 1.73. The molecule has 0 aliphatic carbocycles. The second-order valence-electron chi connectivity index (χ2n) is 4.51. The molecule has 0 aromatic heterocycles. The zero-order valence-corrected chi connectivity index (χ0v) is 9.69. The van der Waals surface area contributed by atoms with Crippen LogP contribution < -0.4 is 0 Å². The maximum absolute atomic E-state index is 10.5. The molecule has 1 heterocycles. The van der Waals surface area contributed by atoms with Gasteiger partial charge in [0.2, 0.25) is 0 Å². The Morgan fingerprint density at radius 1 is 1.12 bits per heavy atom. The van der Waals surface area contributed by atoms with E-state index in [1.807, 2.05) is 12.1 Å². The lowest BCUT2D eigenvalue weighted by atomic mass is 10.1. The number of hydrogen-bond donors (Lipinski definition) is 0. The van der Waals surface area contributed by atoms with Gasteiger partial charge in [0, 0.05) is 5.56 Å². The summed E-state index contributed by atoms with van der Waals surface area (Å²) in [4.78, 5) is 13.0. The summed E-state index contributed by atoms with van der Waals surface area (Å²) in [5, 5.41) is 0. The Bertz CT molecular complexity index is 325. The summed E-state index contributed by atoms with van der Waals surface area (Å²) in [6, 6.07) is 7.93. The molecule has 1 saturated heterocycles. The predicted octanol–water partition coefficient (Wildman–Crippen LogP) is 2.53. The van der Waals surface area contributed by atoms with Gasteiger partial charge >= 0.3 is 0 Å². The normalized spacial score (nSPS) is 16.5. The van der Waals surface area contributed by atoms with Gasteiger partial charge in [0.1, 0.15) is 6.29 Å². The molecule has 1 aliphatic rings. The Morgan fingerprint density at radius 3 is 2.44 bits per heavy atom. The van der Waals surface area contributed by atoms with Crippen molar-refractivity contribution in [1.29, 1.82) is 0 Å². The molecular weight excluding hydrogens is 198 g/mol. The molecule has 1 aliphatic heterocycles. The van der Waals surface area contributed by atoms with Crippen LogP contribution in [0, 0.1) is 0 Å². The minimum Gasteiger partial charge on any atom is -0.303 e. The van der Waals surface area contributed by atoms with E-state index in [4.69, 9.17) is 0 Å². The highest BCUT2D eigenvalue weighted by molar-refractivity contribution is 5.74. The SMILES string of the molecule is O=Cc1ccc(CCCN2CCCC2)cc1. The number of aldehydes is 1. The van der Waals surface area contributed by atoms with E-state index < -0.39 is 0 Å². The first kappa shape index (κ1) is 11.3. The third kappa shape index (κ3) is 3.17. The van der Waals surface area contributed by atoms with Crippen LogP contribution in [0.5, 0.6) is 0 Å². The van der Waals surface area contributed by atoms with Gasteiger partial charge in [-0.25, -0.2) is 0 Å². The minimum atomic E-state index is 0.767. The van der Waals surface area contributed by atoms with E-state index in [1.54, 1.807) is 0 Å². The minimum absolute atomic E-state index is 0.767. The summed E-state index contributed by atoms with van der Waals surface area (Å²) in [5.41, 5.74) is 2.10. The highest BCUT2D eigenvalue weighted by Gasteiger charge is 2.10. The van der Waals surface area contributed by atoms with Gasteiger partial charge in [-0.15, -0.1) is 0 Å². The number of nitrogens with zero attached hydrogens (tertiary/aromatic N) is 1. The van der Waals surface area contributed by atoms with Crippen molar-refractivity contribution < 1.29 is 4.79 Å². The van der Waals surface area contributed by atoms with Crippen LogP contribution in [0.25, 0.3) is 0 Å². The van der Waals surface area contributed by atoms with Crippen molar-refractivity contribution in [3.63, 3.8) is 0 Å². The van der Waals surface area contributed by atoms with Crippen molar-refractivity contribution in [1.82, 2.24) is 4.90 Å². The number of aryl methyl sites for hydroxylation is 1. The fraction of sp³-hybridized carbons (Fsp3) is 0.500. The predicted molar refractivity (Wildman–Crippen MR) is 65.8 cm³/mol. The van der Waals surface area contributed by atoms with Gasteiger partial charge in [-0.1, -0.05) is 24.3 Å². The van der Waals surface area contributed by atoms with Crippen LogP contribution in [-0.4, -0.2) is 30.8 Å². The summed E-state index contributed by atoms with van der Waals surface area (Å²) in [5.74, 6) is 0. The molecule has 0 saturated carbocycles. The lowest BCUT2D eigenvalue weighted by Crippen LogP contribution is -2.20. The maximum atomic E-state index is 10.5. The maximum Gasteiger partial charge on any atom is 0.150 e. The van der Waals surface area contributed by atoms with Crippen LogP contribution in [-0.2, 0) is 6.42 Å². The Kier molecular flexibility index (Phi) is 4.11. The van der Waals surface area contributed by atoms with Crippen LogP contribution in [0.15, 0.2) is 24.3 Å². The Morgan fingerprint density at radius 2 is 1.81 bits per heavy atom. The van der Waals surface area contributed by atoms with E-state index in [-0.39, 0.29) is 0 Å². The molecule has 1 fully saturated rings. The van der Waals surface area contributed by atoms with Crippen LogP contribution in [0.3, 0.4) is 0 Å². The number of likely N-dealkylation sites (tertiary alicyclic amines) is 1. The Labute approximate surface area is 97.3 Å². The first-order valence-electron chi connectivity index (χ1n) is 6.15. The average molecular weight is 217 g/mol. The van der Waals surface area contributed by atoms with Crippen molar-refractivity contribution in [2.45, 2.75) is 25.7 Å². The molecule has 0 spiro atoms. The molecule has 1 aromatic carbocycles. The monoisotopic (exact) mass is 217 g/mol. The first-order chi connectivity index (χ1) is 7.88. The molecular formula is C14H19NO. The van der Waals surface area contributed by atoms with E-state index in [2.05, 4.69) is 17.0 Å². The lowest BCUT2D eigenvalue weighted by molar-refractivity contribution is 0.112. The second kappa shape index (κ2) is 5.80. The van der Waals surface area contributed by atoms with Crippen molar-refractivity contribution >= 4 is 6.29 Å². The van der Waals surface area contributed by atoms with Crippen molar-refractivity contribution in [3.8, 4) is 0 Å². The summed E-state index contributed by atoms with van der Waals surface area (Å²) >= 11 is 0. The summed E-state index contributed by atoms with van der Waals surface area (Å²) < 4.78 is 0. The summed E-state index contributed by atoms with van der Waals surface area (Å²) in [6.07, 6.45) is 5.98. The molecule has 0 amide bonds. The molecule has 0 atom stereocenters. The first-order valence-corrected chi connectivity index (χ1v) is 6.15. The molecule has 2 rings (SSSR count). The molecule has 0 radical (unpaired) electrons. The molecule has 0 bridgehead atoms. The quantitative estimate of drug-likeness (QED) is 0.706. The van der Waals surface area contributed by atoms with Crippen LogP contribution in [0.4, 0.5) is 0 Å². The average Bonchev–Trinajstić information content (AvgIpc) is 2.83. The zero-order chi connectivity index (χ0) is 11.2. The largest absolute Gasteiger partial charge is 0.303 e. The van der Waals surface area contributed by atoms with Crippen molar-refractivity contribution in [2.24, 2.45) is 0 Å². The zero-order valence-electron chi connectivity index (χ0n) is 9.69. The molecule has 2 nitrogen and oxygen atoms in total. The van der Waals surface area contributed by atoms with Gasteiger partial charge in [-0.3, -0.25) is 4.79 Å². The Hall–Kier alpha value is -1.15. The van der Waals surface area contributed by atoms with Crippen LogP contribution in [0.2, 0.25) is 0 Å². The number of hydrogen-bond acceptors (Lipinski definition) is 2. The van der Waals surface area contributed by atoms with E-state index in [1.165, 1.54) is 44.5 Å².